The Morgan fingerprint density at radius 1 is 1.47 bits per heavy atom. The number of pyridine rings is 1. The van der Waals surface area contributed by atoms with E-state index in [0.29, 0.717) is 6.04 Å². The van der Waals surface area contributed by atoms with Crippen molar-refractivity contribution in [3.8, 4) is 0 Å². The smallest absolute Gasteiger partial charge is 0.0477 e. The van der Waals surface area contributed by atoms with Crippen LogP contribution in [0.25, 0.3) is 0 Å². The SMILES string of the molecule is CCCNC(CCOC)Cc1ccc(Br)cn1. The highest BCUT2D eigenvalue weighted by molar-refractivity contribution is 9.10. The summed E-state index contributed by atoms with van der Waals surface area (Å²) in [6, 6.07) is 4.55. The molecule has 1 N–H and O–H groups in total. The second-order valence-electron chi connectivity index (χ2n) is 4.10. The van der Waals surface area contributed by atoms with Crippen molar-refractivity contribution < 1.29 is 4.74 Å². The maximum atomic E-state index is 5.14. The molecule has 96 valence electrons. The molecular formula is C13H21BrN2O. The van der Waals surface area contributed by atoms with Crippen molar-refractivity contribution >= 4 is 15.9 Å². The topological polar surface area (TPSA) is 34.1 Å². The van der Waals surface area contributed by atoms with E-state index in [9.17, 15) is 0 Å². The third-order valence-corrected chi connectivity index (χ3v) is 3.07. The average Bonchev–Trinajstić information content (AvgIpc) is 2.35. The van der Waals surface area contributed by atoms with Crippen molar-refractivity contribution in [2.24, 2.45) is 0 Å². The van der Waals surface area contributed by atoms with Gasteiger partial charge in [0.25, 0.3) is 0 Å². The summed E-state index contributed by atoms with van der Waals surface area (Å²) in [5.41, 5.74) is 1.12. The van der Waals surface area contributed by atoms with Crippen LogP contribution in [0.4, 0.5) is 0 Å². The number of hydrogen-bond acceptors (Lipinski definition) is 3. The van der Waals surface area contributed by atoms with Gasteiger partial charge in [0.2, 0.25) is 0 Å². The zero-order chi connectivity index (χ0) is 12.5. The van der Waals surface area contributed by atoms with Crippen LogP contribution in [0, 0.1) is 0 Å². The van der Waals surface area contributed by atoms with Crippen molar-refractivity contribution in [3.63, 3.8) is 0 Å². The zero-order valence-corrected chi connectivity index (χ0v) is 12.2. The number of aromatic nitrogens is 1. The molecule has 1 heterocycles. The Kier molecular flexibility index (Phi) is 7.40. The second kappa shape index (κ2) is 8.61. The fourth-order valence-electron chi connectivity index (χ4n) is 1.66. The summed E-state index contributed by atoms with van der Waals surface area (Å²) in [6.45, 7) is 4.01. The number of hydrogen-bond donors (Lipinski definition) is 1. The van der Waals surface area contributed by atoms with Gasteiger partial charge in [0.15, 0.2) is 0 Å². The predicted octanol–water partition coefficient (Wildman–Crippen LogP) is 2.79. The molecule has 0 aliphatic rings. The monoisotopic (exact) mass is 300 g/mol. The van der Waals surface area contributed by atoms with Crippen LogP contribution in [-0.2, 0) is 11.2 Å². The fraction of sp³-hybridized carbons (Fsp3) is 0.615. The number of halogens is 1. The van der Waals surface area contributed by atoms with E-state index >= 15 is 0 Å². The summed E-state index contributed by atoms with van der Waals surface area (Å²) in [5, 5.41) is 3.54. The zero-order valence-electron chi connectivity index (χ0n) is 10.6. The van der Waals surface area contributed by atoms with Crippen LogP contribution in [0.2, 0.25) is 0 Å². The van der Waals surface area contributed by atoms with E-state index in [0.717, 1.165) is 42.6 Å². The van der Waals surface area contributed by atoms with Gasteiger partial charge in [-0.25, -0.2) is 0 Å². The van der Waals surface area contributed by atoms with Crippen LogP contribution in [0.3, 0.4) is 0 Å². The molecule has 0 fully saturated rings. The summed E-state index contributed by atoms with van der Waals surface area (Å²) >= 11 is 3.40. The van der Waals surface area contributed by atoms with Gasteiger partial charge in [0, 0.05) is 42.5 Å². The second-order valence-corrected chi connectivity index (χ2v) is 5.02. The molecule has 0 bridgehead atoms. The molecular weight excluding hydrogens is 280 g/mol. The lowest BCUT2D eigenvalue weighted by atomic mass is 10.1. The van der Waals surface area contributed by atoms with Crippen LogP contribution in [-0.4, -0.2) is 31.3 Å². The molecule has 1 unspecified atom stereocenters. The number of nitrogens with zero attached hydrogens (tertiary/aromatic N) is 1. The first kappa shape index (κ1) is 14.6. The molecule has 1 aromatic heterocycles. The Bertz CT molecular complexity index is 295. The molecule has 17 heavy (non-hydrogen) atoms. The van der Waals surface area contributed by atoms with Gasteiger partial charge in [-0.3, -0.25) is 4.98 Å². The number of ether oxygens (including phenoxy) is 1. The van der Waals surface area contributed by atoms with Crippen LogP contribution in [0.1, 0.15) is 25.5 Å². The third-order valence-electron chi connectivity index (χ3n) is 2.60. The molecule has 1 atom stereocenters. The molecule has 4 heteroatoms. The highest BCUT2D eigenvalue weighted by Crippen LogP contribution is 2.10. The lowest BCUT2D eigenvalue weighted by Gasteiger charge is -2.17. The Hall–Kier alpha value is -0.450. The molecule has 0 aromatic carbocycles. The normalized spacial score (nSPS) is 12.6. The Labute approximate surface area is 112 Å². The van der Waals surface area contributed by atoms with Gasteiger partial charge in [0.1, 0.15) is 0 Å². The van der Waals surface area contributed by atoms with Gasteiger partial charge in [-0.15, -0.1) is 0 Å². The lowest BCUT2D eigenvalue weighted by molar-refractivity contribution is 0.182. The highest BCUT2D eigenvalue weighted by Gasteiger charge is 2.09. The number of methoxy groups -OCH3 is 1. The Morgan fingerprint density at radius 2 is 2.29 bits per heavy atom. The van der Waals surface area contributed by atoms with Gasteiger partial charge in [0.05, 0.1) is 0 Å². The van der Waals surface area contributed by atoms with Gasteiger partial charge >= 0.3 is 0 Å². The Balaban J connectivity index is 2.48. The summed E-state index contributed by atoms with van der Waals surface area (Å²) in [5.74, 6) is 0. The summed E-state index contributed by atoms with van der Waals surface area (Å²) in [4.78, 5) is 4.41. The molecule has 0 spiro atoms. The highest BCUT2D eigenvalue weighted by atomic mass is 79.9. The molecule has 1 aromatic rings. The molecule has 0 amide bonds. The molecule has 3 nitrogen and oxygen atoms in total. The Morgan fingerprint density at radius 3 is 2.88 bits per heavy atom. The van der Waals surface area contributed by atoms with E-state index in [1.807, 2.05) is 12.3 Å². The largest absolute Gasteiger partial charge is 0.385 e. The summed E-state index contributed by atoms with van der Waals surface area (Å²) in [6.07, 6.45) is 4.98. The van der Waals surface area contributed by atoms with Gasteiger partial charge in [-0.2, -0.15) is 0 Å². The minimum atomic E-state index is 0.448. The summed E-state index contributed by atoms with van der Waals surface area (Å²) < 4.78 is 6.17. The number of rotatable bonds is 8. The molecule has 0 aliphatic heterocycles. The quantitative estimate of drug-likeness (QED) is 0.802. The minimum absolute atomic E-state index is 0.448. The van der Waals surface area contributed by atoms with Crippen molar-refractivity contribution in [2.45, 2.75) is 32.2 Å². The molecule has 0 saturated heterocycles. The van der Waals surface area contributed by atoms with E-state index in [2.05, 4.69) is 39.2 Å². The van der Waals surface area contributed by atoms with Crippen LogP contribution in [0.5, 0.6) is 0 Å². The molecule has 0 saturated carbocycles. The predicted molar refractivity (Wildman–Crippen MR) is 74.2 cm³/mol. The van der Waals surface area contributed by atoms with Crippen molar-refractivity contribution in [1.29, 1.82) is 0 Å². The molecule has 0 aliphatic carbocycles. The first-order valence-corrected chi connectivity index (χ1v) is 6.88. The maximum Gasteiger partial charge on any atom is 0.0477 e. The number of nitrogens with one attached hydrogen (secondary N) is 1. The van der Waals surface area contributed by atoms with E-state index in [1.165, 1.54) is 0 Å². The fourth-order valence-corrected chi connectivity index (χ4v) is 1.90. The van der Waals surface area contributed by atoms with Gasteiger partial charge < -0.3 is 10.1 Å². The van der Waals surface area contributed by atoms with E-state index in [4.69, 9.17) is 4.74 Å². The first-order chi connectivity index (χ1) is 8.26. The van der Waals surface area contributed by atoms with E-state index in [-0.39, 0.29) is 0 Å². The van der Waals surface area contributed by atoms with Gasteiger partial charge in [-0.1, -0.05) is 6.92 Å². The third kappa shape index (κ3) is 6.15. The summed E-state index contributed by atoms with van der Waals surface area (Å²) in [7, 11) is 1.74. The van der Waals surface area contributed by atoms with Gasteiger partial charge in [-0.05, 0) is 47.4 Å². The molecule has 1 rings (SSSR count). The molecule has 0 radical (unpaired) electrons. The van der Waals surface area contributed by atoms with E-state index in [1.54, 1.807) is 7.11 Å². The minimum Gasteiger partial charge on any atom is -0.385 e. The lowest BCUT2D eigenvalue weighted by Crippen LogP contribution is -2.33. The maximum absolute atomic E-state index is 5.14. The standard InChI is InChI=1S/C13H21BrN2O/c1-3-7-15-13(6-8-17-2)9-12-5-4-11(14)10-16-12/h4-5,10,13,15H,3,6-9H2,1-2H3. The first-order valence-electron chi connectivity index (χ1n) is 6.09. The van der Waals surface area contributed by atoms with Crippen molar-refractivity contribution in [2.75, 3.05) is 20.3 Å². The van der Waals surface area contributed by atoms with Crippen molar-refractivity contribution in [1.82, 2.24) is 10.3 Å². The average molecular weight is 301 g/mol. The van der Waals surface area contributed by atoms with Crippen LogP contribution < -0.4 is 5.32 Å². The van der Waals surface area contributed by atoms with Crippen LogP contribution >= 0.6 is 15.9 Å². The van der Waals surface area contributed by atoms with E-state index < -0.39 is 0 Å². The van der Waals surface area contributed by atoms with Crippen molar-refractivity contribution in [3.05, 3.63) is 28.5 Å². The van der Waals surface area contributed by atoms with Crippen LogP contribution in [0.15, 0.2) is 22.8 Å².